The molecular formula is C5H11NO7S. The minimum atomic E-state index is -4.67. The van der Waals surface area contributed by atoms with Gasteiger partial charge in [0, 0.05) is 6.54 Å². The maximum absolute atomic E-state index is 10.2. The molecule has 1 aliphatic heterocycles. The lowest BCUT2D eigenvalue weighted by Crippen LogP contribution is -2.32. The van der Waals surface area contributed by atoms with Crippen LogP contribution in [-0.2, 0) is 15.2 Å². The molecule has 1 unspecified atom stereocenters. The van der Waals surface area contributed by atoms with Crippen LogP contribution < -0.4 is 0 Å². The first-order chi connectivity index (χ1) is 6.22. The Morgan fingerprint density at radius 2 is 1.79 bits per heavy atom. The van der Waals surface area contributed by atoms with Gasteiger partial charge in [-0.15, -0.1) is 0 Å². The van der Waals surface area contributed by atoms with E-state index in [1.165, 1.54) is 0 Å². The number of aliphatic carboxylic acids is 1. The molecule has 9 heteroatoms. The van der Waals surface area contributed by atoms with E-state index in [1.807, 2.05) is 0 Å². The van der Waals surface area contributed by atoms with Crippen LogP contribution >= 0.6 is 0 Å². The molecular weight excluding hydrogens is 218 g/mol. The zero-order valence-corrected chi connectivity index (χ0v) is 7.88. The van der Waals surface area contributed by atoms with Crippen molar-refractivity contribution in [2.24, 2.45) is 0 Å². The fraction of sp³-hybridized carbons (Fsp3) is 0.800. The van der Waals surface area contributed by atoms with Gasteiger partial charge in [0.1, 0.15) is 6.04 Å². The maximum atomic E-state index is 10.2. The quantitative estimate of drug-likeness (QED) is 0.432. The van der Waals surface area contributed by atoms with E-state index in [0.717, 1.165) is 11.5 Å². The number of rotatable bonds is 1. The molecule has 1 rings (SSSR count). The number of nitrogens with zero attached hydrogens (tertiary/aromatic N) is 1. The van der Waals surface area contributed by atoms with E-state index in [1.54, 1.807) is 0 Å². The topological polar surface area (TPSA) is 135 Å². The summed E-state index contributed by atoms with van der Waals surface area (Å²) in [5, 5.41) is 18.1. The third-order valence-electron chi connectivity index (χ3n) is 1.51. The summed E-state index contributed by atoms with van der Waals surface area (Å²) >= 11 is 0. The zero-order valence-electron chi connectivity index (χ0n) is 7.07. The van der Waals surface area contributed by atoms with Crippen LogP contribution in [-0.4, -0.2) is 51.5 Å². The molecule has 0 aliphatic carbocycles. The van der Waals surface area contributed by atoms with Gasteiger partial charge in [-0.3, -0.25) is 13.9 Å². The molecule has 1 saturated heterocycles. The van der Waals surface area contributed by atoms with Gasteiger partial charge in [0.15, 0.2) is 0 Å². The number of carboxylic acids is 1. The molecule has 0 bridgehead atoms. The Labute approximate surface area is 80.3 Å². The van der Waals surface area contributed by atoms with Crippen LogP contribution in [0.5, 0.6) is 0 Å². The van der Waals surface area contributed by atoms with Crippen LogP contribution in [0, 0.1) is 0 Å². The first-order valence-electron chi connectivity index (χ1n) is 3.60. The van der Waals surface area contributed by atoms with Gasteiger partial charge >= 0.3 is 16.4 Å². The second kappa shape index (κ2) is 5.22. The van der Waals surface area contributed by atoms with Crippen molar-refractivity contribution >= 4 is 16.4 Å². The Morgan fingerprint density at radius 1 is 1.36 bits per heavy atom. The van der Waals surface area contributed by atoms with Crippen molar-refractivity contribution in [2.45, 2.75) is 18.9 Å². The Bertz CT molecular complexity index is 278. The van der Waals surface area contributed by atoms with Crippen LogP contribution in [0.15, 0.2) is 0 Å². The largest absolute Gasteiger partial charge is 0.480 e. The molecule has 0 aromatic carbocycles. The van der Waals surface area contributed by atoms with Gasteiger partial charge in [0.25, 0.3) is 0 Å². The molecule has 1 fully saturated rings. The fourth-order valence-electron chi connectivity index (χ4n) is 1.00. The monoisotopic (exact) mass is 229 g/mol. The second-order valence-corrected chi connectivity index (χ2v) is 3.50. The van der Waals surface area contributed by atoms with Gasteiger partial charge in [-0.1, -0.05) is 0 Å². The molecule has 0 spiro atoms. The molecule has 1 heterocycles. The molecule has 0 aromatic heterocycles. The summed E-state index contributed by atoms with van der Waals surface area (Å²) in [4.78, 5) is 10.2. The Balaban J connectivity index is 0.000000292. The highest BCUT2D eigenvalue weighted by molar-refractivity contribution is 7.79. The molecule has 4 N–H and O–H groups in total. The molecule has 0 aromatic rings. The van der Waals surface area contributed by atoms with Crippen LogP contribution in [0.1, 0.15) is 12.8 Å². The van der Waals surface area contributed by atoms with E-state index in [4.69, 9.17) is 27.8 Å². The first-order valence-corrected chi connectivity index (χ1v) is 4.99. The summed E-state index contributed by atoms with van der Waals surface area (Å²) in [6, 6.07) is -0.662. The van der Waals surface area contributed by atoms with Gasteiger partial charge in [0.2, 0.25) is 0 Å². The summed E-state index contributed by atoms with van der Waals surface area (Å²) in [6.45, 7) is 0.483. The maximum Gasteiger partial charge on any atom is 0.394 e. The van der Waals surface area contributed by atoms with Crippen molar-refractivity contribution in [1.82, 2.24) is 5.06 Å². The minimum absolute atomic E-state index is 0.483. The van der Waals surface area contributed by atoms with E-state index >= 15 is 0 Å². The molecule has 14 heavy (non-hydrogen) atoms. The van der Waals surface area contributed by atoms with Crippen molar-refractivity contribution in [3.05, 3.63) is 0 Å². The molecule has 8 nitrogen and oxygen atoms in total. The van der Waals surface area contributed by atoms with Crippen molar-refractivity contribution in [3.8, 4) is 0 Å². The Hall–Kier alpha value is -0.740. The minimum Gasteiger partial charge on any atom is -0.480 e. The highest BCUT2D eigenvalue weighted by Gasteiger charge is 2.28. The van der Waals surface area contributed by atoms with E-state index in [-0.39, 0.29) is 0 Å². The van der Waals surface area contributed by atoms with Crippen molar-refractivity contribution in [3.63, 3.8) is 0 Å². The van der Waals surface area contributed by atoms with Crippen LogP contribution in [0.3, 0.4) is 0 Å². The van der Waals surface area contributed by atoms with Crippen molar-refractivity contribution in [2.75, 3.05) is 6.54 Å². The molecule has 0 amide bonds. The predicted octanol–water partition coefficient (Wildman–Crippen LogP) is -0.728. The zero-order chi connectivity index (χ0) is 11.4. The molecule has 0 saturated carbocycles. The first kappa shape index (κ1) is 13.3. The summed E-state index contributed by atoms with van der Waals surface area (Å²) < 4.78 is 31.6. The number of hydrogen-bond acceptors (Lipinski definition) is 5. The lowest BCUT2D eigenvalue weighted by molar-refractivity contribution is -0.160. The molecule has 84 valence electrons. The number of hydrogen-bond donors (Lipinski definition) is 4. The predicted molar refractivity (Wildman–Crippen MR) is 43.3 cm³/mol. The Kier molecular flexibility index (Phi) is 4.94. The van der Waals surface area contributed by atoms with Gasteiger partial charge < -0.3 is 10.3 Å². The standard InChI is InChI=1S/C5H9NO3.H2O4S/c7-5(8)4-2-1-3-6(4)9;1-5(2,3)4/h4,9H,1-3H2,(H,7,8);(H2,1,2,3,4). The van der Waals surface area contributed by atoms with Crippen LogP contribution in [0.4, 0.5) is 0 Å². The van der Waals surface area contributed by atoms with E-state index in [0.29, 0.717) is 13.0 Å². The molecule has 0 radical (unpaired) electrons. The summed E-state index contributed by atoms with van der Waals surface area (Å²) in [6.07, 6.45) is 1.33. The van der Waals surface area contributed by atoms with Gasteiger partial charge in [-0.2, -0.15) is 13.5 Å². The van der Waals surface area contributed by atoms with Gasteiger partial charge in [-0.25, -0.2) is 0 Å². The molecule has 1 atom stereocenters. The summed E-state index contributed by atoms with van der Waals surface area (Å²) in [7, 11) is -4.67. The lowest BCUT2D eigenvalue weighted by atomic mass is 10.2. The number of carbonyl (C=O) groups is 1. The second-order valence-electron chi connectivity index (χ2n) is 2.61. The normalized spacial score (nSPS) is 22.6. The summed E-state index contributed by atoms with van der Waals surface area (Å²) in [5.41, 5.74) is 0. The van der Waals surface area contributed by atoms with Crippen LogP contribution in [0.2, 0.25) is 0 Å². The SMILES string of the molecule is O=C(O)C1CCCN1O.O=S(=O)(O)O. The van der Waals surface area contributed by atoms with Gasteiger partial charge in [-0.05, 0) is 12.8 Å². The highest BCUT2D eigenvalue weighted by atomic mass is 32.3. The average Bonchev–Trinajstić information content (AvgIpc) is 2.30. The van der Waals surface area contributed by atoms with Crippen molar-refractivity contribution < 1.29 is 32.6 Å². The third kappa shape index (κ3) is 6.74. The van der Waals surface area contributed by atoms with Gasteiger partial charge in [0.05, 0.1) is 0 Å². The molecule has 1 aliphatic rings. The van der Waals surface area contributed by atoms with Crippen molar-refractivity contribution in [1.29, 1.82) is 0 Å². The summed E-state index contributed by atoms with van der Waals surface area (Å²) in [5.74, 6) is -0.935. The number of hydroxylamine groups is 2. The number of carboxylic acid groups (broad SMARTS) is 1. The lowest BCUT2D eigenvalue weighted by Gasteiger charge is -2.11. The van der Waals surface area contributed by atoms with E-state index < -0.39 is 22.4 Å². The van der Waals surface area contributed by atoms with E-state index in [9.17, 15) is 4.79 Å². The third-order valence-corrected chi connectivity index (χ3v) is 1.51. The van der Waals surface area contributed by atoms with Crippen LogP contribution in [0.25, 0.3) is 0 Å². The fourth-order valence-corrected chi connectivity index (χ4v) is 1.00. The Morgan fingerprint density at radius 3 is 1.93 bits per heavy atom. The van der Waals surface area contributed by atoms with E-state index in [2.05, 4.69) is 0 Å². The average molecular weight is 229 g/mol. The smallest absolute Gasteiger partial charge is 0.394 e. The highest BCUT2D eigenvalue weighted by Crippen LogP contribution is 2.13.